The van der Waals surface area contributed by atoms with Crippen LogP contribution < -0.4 is 27.2 Å². The summed E-state index contributed by atoms with van der Waals surface area (Å²) in [7, 11) is 0. The molecule has 7 N–H and O–H groups in total. The molecular formula is C27H26FN5O4. The smallest absolute Gasteiger partial charge is 0.267 e. The summed E-state index contributed by atoms with van der Waals surface area (Å²) in [5, 5.41) is 16.8. The summed E-state index contributed by atoms with van der Waals surface area (Å²) in [5.41, 5.74) is 9.67. The van der Waals surface area contributed by atoms with Crippen LogP contribution in [-0.4, -0.2) is 42.1 Å². The van der Waals surface area contributed by atoms with Gasteiger partial charge in [-0.05, 0) is 54.6 Å². The molecule has 0 fully saturated rings. The van der Waals surface area contributed by atoms with Gasteiger partial charge in [0, 0.05) is 41.0 Å². The Morgan fingerprint density at radius 3 is 2.14 bits per heavy atom. The van der Waals surface area contributed by atoms with E-state index in [1.807, 2.05) is 0 Å². The van der Waals surface area contributed by atoms with Crippen molar-refractivity contribution in [3.8, 4) is 11.8 Å². The second kappa shape index (κ2) is 13.5. The Hall–Kier alpha value is -4.56. The van der Waals surface area contributed by atoms with Crippen LogP contribution in [0.1, 0.15) is 27.0 Å². The Balaban J connectivity index is 1.50. The minimum Gasteiger partial charge on any atom is -0.339 e. The quantitative estimate of drug-likeness (QED) is 0.148. The molecule has 3 amide bonds. The number of carbonyl (C=O) groups excluding carboxylic acids is 3. The Morgan fingerprint density at radius 1 is 0.919 bits per heavy atom. The second-order valence-electron chi connectivity index (χ2n) is 7.89. The average Bonchev–Trinajstić information content (AvgIpc) is 2.92. The van der Waals surface area contributed by atoms with E-state index >= 15 is 0 Å². The number of amides is 3. The number of nitrogens with two attached hydrogens (primary N) is 1. The van der Waals surface area contributed by atoms with Crippen LogP contribution in [0.2, 0.25) is 0 Å². The highest BCUT2D eigenvalue weighted by Crippen LogP contribution is 2.10. The molecule has 0 radical (unpaired) electrons. The monoisotopic (exact) mass is 503 g/mol. The molecule has 37 heavy (non-hydrogen) atoms. The predicted molar refractivity (Wildman–Crippen MR) is 136 cm³/mol. The van der Waals surface area contributed by atoms with Gasteiger partial charge in [0.05, 0.1) is 6.54 Å². The molecule has 0 spiro atoms. The zero-order valence-electron chi connectivity index (χ0n) is 19.8. The van der Waals surface area contributed by atoms with Crippen molar-refractivity contribution >= 4 is 23.4 Å². The Labute approximate surface area is 213 Å². The molecule has 3 rings (SSSR count). The number of nitrogens with one attached hydrogen (secondary N) is 4. The summed E-state index contributed by atoms with van der Waals surface area (Å²) < 4.78 is 13.6. The van der Waals surface area contributed by atoms with Gasteiger partial charge in [-0.25, -0.2) is 9.87 Å². The molecule has 0 saturated heterocycles. The Morgan fingerprint density at radius 2 is 1.54 bits per heavy atom. The van der Waals surface area contributed by atoms with Gasteiger partial charge in [-0.3, -0.25) is 19.6 Å². The standard InChI is InChI=1S/C27H26FN5O4/c28-23-4-2-1-3-21(23)16-30-17-25(34)31-22-13-9-19(10-14-22)6-5-18-7-11-20(12-8-18)26(35)32-24(15-29)27(36)33-37/h1-4,7-14,24,30,37H,15-17,29H2,(H,31,34)(H,32,35)(H,33,36)/t24-/m0/s1. The van der Waals surface area contributed by atoms with E-state index in [2.05, 4.69) is 27.8 Å². The van der Waals surface area contributed by atoms with Crippen LogP contribution in [0.15, 0.2) is 72.8 Å². The fraction of sp³-hybridized carbons (Fsp3) is 0.148. The SMILES string of the molecule is NC[C@H](NC(=O)c1ccc(C#Cc2ccc(NC(=O)CNCc3ccccc3F)cc2)cc1)C(=O)NO. The molecule has 9 nitrogen and oxygen atoms in total. The van der Waals surface area contributed by atoms with E-state index in [1.54, 1.807) is 66.7 Å². The number of rotatable bonds is 9. The molecule has 10 heteroatoms. The lowest BCUT2D eigenvalue weighted by atomic mass is 10.1. The summed E-state index contributed by atoms with van der Waals surface area (Å²) in [5.74, 6) is 4.09. The normalized spacial score (nSPS) is 11.0. The highest BCUT2D eigenvalue weighted by atomic mass is 19.1. The molecule has 3 aromatic rings. The number of hydrogen-bond acceptors (Lipinski definition) is 6. The van der Waals surface area contributed by atoms with Crippen molar-refractivity contribution < 1.29 is 24.0 Å². The molecule has 0 bridgehead atoms. The van der Waals surface area contributed by atoms with E-state index in [4.69, 9.17) is 10.9 Å². The van der Waals surface area contributed by atoms with Crippen molar-refractivity contribution in [2.24, 2.45) is 5.73 Å². The van der Waals surface area contributed by atoms with Gasteiger partial charge < -0.3 is 21.7 Å². The fourth-order valence-corrected chi connectivity index (χ4v) is 3.19. The van der Waals surface area contributed by atoms with Crippen molar-refractivity contribution in [2.45, 2.75) is 12.6 Å². The maximum Gasteiger partial charge on any atom is 0.267 e. The van der Waals surface area contributed by atoms with E-state index in [1.165, 1.54) is 11.5 Å². The van der Waals surface area contributed by atoms with Crippen LogP contribution in [0.5, 0.6) is 0 Å². The summed E-state index contributed by atoms with van der Waals surface area (Å²) in [4.78, 5) is 35.8. The molecule has 0 aliphatic rings. The molecule has 0 aromatic heterocycles. The van der Waals surface area contributed by atoms with Gasteiger partial charge in [0.1, 0.15) is 11.9 Å². The number of hydroxylamine groups is 1. The lowest BCUT2D eigenvalue weighted by Gasteiger charge is -2.14. The van der Waals surface area contributed by atoms with Crippen LogP contribution >= 0.6 is 0 Å². The minimum absolute atomic E-state index is 0.0332. The van der Waals surface area contributed by atoms with Crippen molar-refractivity contribution in [1.29, 1.82) is 0 Å². The summed E-state index contributed by atoms with van der Waals surface area (Å²) in [6.07, 6.45) is 0. The molecule has 0 aliphatic carbocycles. The largest absolute Gasteiger partial charge is 0.339 e. The molecule has 0 aliphatic heterocycles. The van der Waals surface area contributed by atoms with Crippen LogP contribution in [0.4, 0.5) is 10.1 Å². The van der Waals surface area contributed by atoms with Gasteiger partial charge >= 0.3 is 0 Å². The zero-order valence-corrected chi connectivity index (χ0v) is 19.8. The Bertz CT molecular complexity index is 1300. The van der Waals surface area contributed by atoms with Crippen molar-refractivity contribution in [3.63, 3.8) is 0 Å². The van der Waals surface area contributed by atoms with Gasteiger partial charge in [-0.1, -0.05) is 30.0 Å². The highest BCUT2D eigenvalue weighted by molar-refractivity contribution is 5.97. The first-order valence-electron chi connectivity index (χ1n) is 11.3. The number of benzene rings is 3. The molecule has 3 aromatic carbocycles. The van der Waals surface area contributed by atoms with Crippen LogP contribution in [0.25, 0.3) is 0 Å². The second-order valence-corrected chi connectivity index (χ2v) is 7.89. The van der Waals surface area contributed by atoms with Crippen molar-refractivity contribution in [1.82, 2.24) is 16.1 Å². The van der Waals surface area contributed by atoms with Gasteiger partial charge in [0.2, 0.25) is 5.91 Å². The predicted octanol–water partition coefficient (Wildman–Crippen LogP) is 1.52. The molecule has 0 saturated carbocycles. The summed E-state index contributed by atoms with van der Waals surface area (Å²) in [6, 6.07) is 18.7. The first-order chi connectivity index (χ1) is 17.9. The van der Waals surface area contributed by atoms with E-state index in [-0.39, 0.29) is 31.4 Å². The van der Waals surface area contributed by atoms with E-state index in [0.29, 0.717) is 22.4 Å². The third kappa shape index (κ3) is 8.26. The van der Waals surface area contributed by atoms with E-state index in [9.17, 15) is 18.8 Å². The first kappa shape index (κ1) is 27.0. The van der Waals surface area contributed by atoms with Crippen LogP contribution in [0.3, 0.4) is 0 Å². The van der Waals surface area contributed by atoms with Gasteiger partial charge in [0.25, 0.3) is 11.8 Å². The Kier molecular flexibility index (Phi) is 9.87. The molecule has 1 atom stereocenters. The van der Waals surface area contributed by atoms with Gasteiger partial charge in [0.15, 0.2) is 0 Å². The van der Waals surface area contributed by atoms with E-state index in [0.717, 1.165) is 5.56 Å². The topological polar surface area (TPSA) is 146 Å². The minimum atomic E-state index is -1.06. The number of anilines is 1. The molecular weight excluding hydrogens is 477 g/mol. The average molecular weight is 504 g/mol. The zero-order chi connectivity index (χ0) is 26.6. The number of hydrogen-bond donors (Lipinski definition) is 6. The maximum atomic E-state index is 13.6. The summed E-state index contributed by atoms with van der Waals surface area (Å²) in [6.45, 7) is 0.108. The lowest BCUT2D eigenvalue weighted by molar-refractivity contribution is -0.130. The van der Waals surface area contributed by atoms with Crippen LogP contribution in [-0.2, 0) is 16.1 Å². The number of carbonyl (C=O) groups is 3. The third-order valence-corrected chi connectivity index (χ3v) is 5.19. The molecule has 190 valence electrons. The van der Waals surface area contributed by atoms with Crippen LogP contribution in [0, 0.1) is 17.7 Å². The summed E-state index contributed by atoms with van der Waals surface area (Å²) >= 11 is 0. The van der Waals surface area contributed by atoms with Gasteiger partial charge in [-0.2, -0.15) is 0 Å². The van der Waals surface area contributed by atoms with E-state index < -0.39 is 17.9 Å². The number of halogens is 1. The molecule has 0 unspecified atom stereocenters. The third-order valence-electron chi connectivity index (χ3n) is 5.19. The fourth-order valence-electron chi connectivity index (χ4n) is 3.19. The first-order valence-corrected chi connectivity index (χ1v) is 11.3. The maximum absolute atomic E-state index is 13.6. The van der Waals surface area contributed by atoms with Gasteiger partial charge in [-0.15, -0.1) is 0 Å². The van der Waals surface area contributed by atoms with Crippen molar-refractivity contribution in [2.75, 3.05) is 18.4 Å². The molecule has 0 heterocycles. The lowest BCUT2D eigenvalue weighted by Crippen LogP contribution is -2.50. The van der Waals surface area contributed by atoms with Crippen molar-refractivity contribution in [3.05, 3.63) is 101 Å². The highest BCUT2D eigenvalue weighted by Gasteiger charge is 2.19.